The average molecular weight is 248 g/mol. The van der Waals surface area contributed by atoms with Crippen LogP contribution in [0.2, 0.25) is 0 Å². The molecule has 0 aromatic rings. The van der Waals surface area contributed by atoms with Crippen LogP contribution in [-0.4, -0.2) is 24.5 Å². The smallest absolute Gasteiger partial charge is 0.313 e. The van der Waals surface area contributed by atoms with Crippen molar-refractivity contribution in [2.45, 2.75) is 45.3 Å². The molecule has 0 radical (unpaired) electrons. The van der Waals surface area contributed by atoms with E-state index in [4.69, 9.17) is 5.41 Å². The van der Waals surface area contributed by atoms with Gasteiger partial charge in [0.2, 0.25) is 0 Å². The minimum atomic E-state index is -4.54. The maximum atomic E-state index is 12.2. The molecule has 1 heterocycles. The maximum Gasteiger partial charge on any atom is 0.432 e. The molecule has 0 bridgehead atoms. The number of piperidine rings is 1. The fourth-order valence-corrected chi connectivity index (χ4v) is 2.06. The zero-order valence-corrected chi connectivity index (χ0v) is 10.2. The van der Waals surface area contributed by atoms with Gasteiger partial charge in [0.25, 0.3) is 0 Å². The predicted molar refractivity (Wildman–Crippen MR) is 62.3 cm³/mol. The number of hydrogen-bond acceptors (Lipinski definition) is 2. The van der Waals surface area contributed by atoms with Crippen molar-refractivity contribution in [3.63, 3.8) is 0 Å². The van der Waals surface area contributed by atoms with Crippen molar-refractivity contribution in [3.05, 3.63) is 11.6 Å². The molecular formula is C12H19F3N2. The molecule has 1 saturated heterocycles. The van der Waals surface area contributed by atoms with Crippen molar-refractivity contribution >= 4 is 5.71 Å². The minimum absolute atomic E-state index is 0.0398. The number of halogens is 3. The van der Waals surface area contributed by atoms with Crippen LogP contribution in [0, 0.1) is 11.3 Å². The van der Waals surface area contributed by atoms with Gasteiger partial charge in [0.05, 0.1) is 0 Å². The Kier molecular flexibility index (Phi) is 4.74. The van der Waals surface area contributed by atoms with Crippen molar-refractivity contribution < 1.29 is 13.2 Å². The average Bonchev–Trinajstić information content (AvgIpc) is 2.27. The molecule has 17 heavy (non-hydrogen) atoms. The summed E-state index contributed by atoms with van der Waals surface area (Å²) < 4.78 is 36.7. The Labute approximate surface area is 99.8 Å². The molecule has 0 aliphatic carbocycles. The molecule has 2 atom stereocenters. The first-order valence-electron chi connectivity index (χ1n) is 5.89. The highest BCUT2D eigenvalue weighted by Crippen LogP contribution is 2.24. The third-order valence-electron chi connectivity index (χ3n) is 3.35. The summed E-state index contributed by atoms with van der Waals surface area (Å²) >= 11 is 0. The van der Waals surface area contributed by atoms with E-state index >= 15 is 0 Å². The highest BCUT2D eigenvalue weighted by molar-refractivity contribution is 5.97. The summed E-state index contributed by atoms with van der Waals surface area (Å²) in [4.78, 5) is 0. The van der Waals surface area contributed by atoms with Crippen molar-refractivity contribution in [1.82, 2.24) is 5.32 Å². The molecule has 2 nitrogen and oxygen atoms in total. The lowest BCUT2D eigenvalue weighted by atomic mass is 9.88. The fraction of sp³-hybridized carbons (Fsp3) is 0.750. The second kappa shape index (κ2) is 5.67. The normalized spacial score (nSPS) is 24.5. The molecule has 1 fully saturated rings. The summed E-state index contributed by atoms with van der Waals surface area (Å²) in [6.45, 7) is 4.51. The molecule has 0 aromatic heterocycles. The Balaban J connectivity index is 2.64. The number of hydrogen-bond donors (Lipinski definition) is 2. The second-order valence-electron chi connectivity index (χ2n) is 4.64. The van der Waals surface area contributed by atoms with Crippen LogP contribution in [0.1, 0.15) is 33.1 Å². The predicted octanol–water partition coefficient (Wildman–Crippen LogP) is 3.29. The first kappa shape index (κ1) is 14.2. The van der Waals surface area contributed by atoms with Crippen molar-refractivity contribution in [3.8, 4) is 0 Å². The molecule has 0 spiro atoms. The summed E-state index contributed by atoms with van der Waals surface area (Å²) in [7, 11) is 0. The summed E-state index contributed by atoms with van der Waals surface area (Å²) in [5.41, 5.74) is -0.649. The maximum absolute atomic E-state index is 12.2. The van der Waals surface area contributed by atoms with E-state index < -0.39 is 11.9 Å². The lowest BCUT2D eigenvalue weighted by molar-refractivity contribution is -0.0584. The zero-order valence-electron chi connectivity index (χ0n) is 10.2. The molecule has 2 N–H and O–H groups in total. The lowest BCUT2D eigenvalue weighted by Gasteiger charge is -2.29. The van der Waals surface area contributed by atoms with Crippen LogP contribution in [0.25, 0.3) is 0 Å². The van der Waals surface area contributed by atoms with Gasteiger partial charge in [-0.25, -0.2) is 0 Å². The summed E-state index contributed by atoms with van der Waals surface area (Å²) in [6.07, 6.45) is -0.357. The molecule has 2 unspecified atom stereocenters. The van der Waals surface area contributed by atoms with E-state index in [9.17, 15) is 13.2 Å². The number of allylic oxidation sites excluding steroid dienone is 1. The van der Waals surface area contributed by atoms with Crippen molar-refractivity contribution in [2.75, 3.05) is 6.54 Å². The number of rotatable bonds is 3. The topological polar surface area (TPSA) is 35.9 Å². The molecule has 5 heteroatoms. The highest BCUT2D eigenvalue weighted by Gasteiger charge is 2.33. The largest absolute Gasteiger partial charge is 0.432 e. The van der Waals surface area contributed by atoms with E-state index in [0.29, 0.717) is 5.57 Å². The molecule has 1 rings (SSSR count). The van der Waals surface area contributed by atoms with Gasteiger partial charge in [-0.1, -0.05) is 18.9 Å². The van der Waals surface area contributed by atoms with Gasteiger partial charge in [-0.15, -0.1) is 0 Å². The Morgan fingerprint density at radius 2 is 2.06 bits per heavy atom. The van der Waals surface area contributed by atoms with Crippen LogP contribution in [0.15, 0.2) is 11.6 Å². The summed E-state index contributed by atoms with van der Waals surface area (Å²) in [6, 6.07) is 0.237. The number of alkyl halides is 3. The third kappa shape index (κ3) is 4.15. The Bertz CT molecular complexity index is 301. The van der Waals surface area contributed by atoms with Gasteiger partial charge in [-0.2, -0.15) is 13.2 Å². The van der Waals surface area contributed by atoms with Gasteiger partial charge in [0.1, 0.15) is 5.71 Å². The third-order valence-corrected chi connectivity index (χ3v) is 3.35. The Hall–Kier alpha value is -0.840. The van der Waals surface area contributed by atoms with Crippen molar-refractivity contribution in [2.24, 2.45) is 5.92 Å². The van der Waals surface area contributed by atoms with Crippen LogP contribution in [0.5, 0.6) is 0 Å². The SMILES string of the molecule is CC(=CC(=N)C(F)(F)F)C(C)C1CCCCN1. The van der Waals surface area contributed by atoms with Gasteiger partial charge in [-0.05, 0) is 38.3 Å². The fourth-order valence-electron chi connectivity index (χ4n) is 2.06. The van der Waals surface area contributed by atoms with E-state index in [1.54, 1.807) is 6.92 Å². The Morgan fingerprint density at radius 1 is 1.41 bits per heavy atom. The van der Waals surface area contributed by atoms with Gasteiger partial charge in [0, 0.05) is 6.04 Å². The van der Waals surface area contributed by atoms with E-state index in [0.717, 1.165) is 31.9 Å². The van der Waals surface area contributed by atoms with Crippen LogP contribution in [0.4, 0.5) is 13.2 Å². The van der Waals surface area contributed by atoms with Crippen LogP contribution >= 0.6 is 0 Å². The highest BCUT2D eigenvalue weighted by atomic mass is 19.4. The quantitative estimate of drug-likeness (QED) is 0.739. The second-order valence-corrected chi connectivity index (χ2v) is 4.64. The number of nitrogens with one attached hydrogen (secondary N) is 2. The molecule has 0 saturated carbocycles. The minimum Gasteiger partial charge on any atom is -0.313 e. The standard InChI is InChI=1S/C12H19F3N2/c1-8(7-11(16)12(13,14)15)9(2)10-5-3-4-6-17-10/h7,9-10,16-17H,3-6H2,1-2H3. The van der Waals surface area contributed by atoms with Crippen molar-refractivity contribution in [1.29, 1.82) is 5.41 Å². The van der Waals surface area contributed by atoms with Gasteiger partial charge < -0.3 is 5.32 Å². The van der Waals surface area contributed by atoms with Gasteiger partial charge in [0.15, 0.2) is 0 Å². The van der Waals surface area contributed by atoms with E-state index in [2.05, 4.69) is 5.32 Å². The van der Waals surface area contributed by atoms with Gasteiger partial charge in [-0.3, -0.25) is 5.41 Å². The lowest BCUT2D eigenvalue weighted by Crippen LogP contribution is -2.39. The van der Waals surface area contributed by atoms with E-state index in [1.165, 1.54) is 0 Å². The van der Waals surface area contributed by atoms with Crippen LogP contribution in [-0.2, 0) is 0 Å². The monoisotopic (exact) mass is 248 g/mol. The summed E-state index contributed by atoms with van der Waals surface area (Å²) in [5.74, 6) is 0.0398. The van der Waals surface area contributed by atoms with E-state index in [1.807, 2.05) is 6.92 Å². The first-order valence-corrected chi connectivity index (χ1v) is 5.89. The van der Waals surface area contributed by atoms with Crippen LogP contribution < -0.4 is 5.32 Å². The van der Waals surface area contributed by atoms with Gasteiger partial charge >= 0.3 is 6.18 Å². The molecule has 98 valence electrons. The molecule has 0 aromatic carbocycles. The Morgan fingerprint density at radius 3 is 2.53 bits per heavy atom. The van der Waals surface area contributed by atoms with Crippen LogP contribution in [0.3, 0.4) is 0 Å². The molecule has 0 amide bonds. The first-order chi connectivity index (χ1) is 7.82. The molecule has 1 aliphatic rings. The molecular weight excluding hydrogens is 229 g/mol. The summed E-state index contributed by atoms with van der Waals surface area (Å²) in [5, 5.41) is 10.3. The zero-order chi connectivity index (χ0) is 13.1. The molecule has 1 aliphatic heterocycles. The van der Waals surface area contributed by atoms with E-state index in [-0.39, 0.29) is 12.0 Å².